The van der Waals surface area contributed by atoms with Crippen LogP contribution >= 0.6 is 15.9 Å². The van der Waals surface area contributed by atoms with Gasteiger partial charge in [0.25, 0.3) is 0 Å². The fraction of sp³-hybridized carbons (Fsp3) is 0.533. The number of halogens is 2. The van der Waals surface area contributed by atoms with E-state index in [-0.39, 0.29) is 17.1 Å². The zero-order valence-electron chi connectivity index (χ0n) is 10.8. The van der Waals surface area contributed by atoms with Crippen LogP contribution in [0.15, 0.2) is 18.2 Å². The molecule has 0 unspecified atom stereocenters. The molecule has 3 rings (SSSR count). The minimum absolute atomic E-state index is 0.130. The Kier molecular flexibility index (Phi) is 3.37. The monoisotopic (exact) mass is 325 g/mol. The molecule has 2 aliphatic rings. The highest BCUT2D eigenvalue weighted by Gasteiger charge is 2.40. The van der Waals surface area contributed by atoms with Gasteiger partial charge in [-0.25, -0.2) is 4.39 Å². The molecule has 2 nitrogen and oxygen atoms in total. The molecule has 1 saturated carbocycles. The van der Waals surface area contributed by atoms with Crippen LogP contribution in [0.25, 0.3) is 0 Å². The molecule has 0 bridgehead atoms. The second-order valence-corrected chi connectivity index (χ2v) is 6.30. The molecule has 1 aliphatic heterocycles. The van der Waals surface area contributed by atoms with Gasteiger partial charge in [-0.05, 0) is 42.4 Å². The van der Waals surface area contributed by atoms with E-state index in [4.69, 9.17) is 0 Å². The smallest absolute Gasteiger partial charge is 0.227 e. The Balaban J connectivity index is 1.92. The molecule has 4 heteroatoms. The Morgan fingerprint density at radius 1 is 1.32 bits per heavy atom. The minimum Gasteiger partial charge on any atom is -0.311 e. The molecule has 102 valence electrons. The number of rotatable bonds is 3. The van der Waals surface area contributed by atoms with Gasteiger partial charge in [0.2, 0.25) is 5.91 Å². The van der Waals surface area contributed by atoms with Crippen molar-refractivity contribution in [2.75, 3.05) is 16.8 Å². The van der Waals surface area contributed by atoms with Crippen LogP contribution in [-0.4, -0.2) is 17.8 Å². The highest BCUT2D eigenvalue weighted by Crippen LogP contribution is 2.44. The number of hydrogen-bond acceptors (Lipinski definition) is 1. The standard InChI is InChI=1S/C15H17BrFNO/c16-9-15(6-1-7-15)10-18-13-8-12(17)4-2-11(13)3-5-14(18)19/h2,4,8H,1,3,5-7,9-10H2. The van der Waals surface area contributed by atoms with Crippen LogP contribution in [0.1, 0.15) is 31.2 Å². The molecular formula is C15H17BrFNO. The van der Waals surface area contributed by atoms with Crippen molar-refractivity contribution in [2.24, 2.45) is 5.41 Å². The molecule has 1 heterocycles. The van der Waals surface area contributed by atoms with Gasteiger partial charge in [0, 0.05) is 24.0 Å². The lowest BCUT2D eigenvalue weighted by atomic mass is 9.70. The fourth-order valence-electron chi connectivity index (χ4n) is 3.03. The van der Waals surface area contributed by atoms with Crippen molar-refractivity contribution >= 4 is 27.5 Å². The highest BCUT2D eigenvalue weighted by molar-refractivity contribution is 9.09. The number of nitrogens with zero attached hydrogens (tertiary/aromatic N) is 1. The maximum Gasteiger partial charge on any atom is 0.227 e. The lowest BCUT2D eigenvalue weighted by Crippen LogP contribution is -2.47. The Labute approximate surface area is 121 Å². The van der Waals surface area contributed by atoms with Crippen LogP contribution in [0, 0.1) is 11.2 Å². The van der Waals surface area contributed by atoms with Crippen molar-refractivity contribution in [2.45, 2.75) is 32.1 Å². The lowest BCUT2D eigenvalue weighted by molar-refractivity contribution is -0.119. The first-order valence-corrected chi connectivity index (χ1v) is 7.90. The first-order valence-electron chi connectivity index (χ1n) is 6.78. The topological polar surface area (TPSA) is 20.3 Å². The number of hydrogen-bond donors (Lipinski definition) is 0. The van der Waals surface area contributed by atoms with E-state index < -0.39 is 0 Å². The van der Waals surface area contributed by atoms with Gasteiger partial charge in [-0.1, -0.05) is 28.4 Å². The Bertz CT molecular complexity index is 507. The average molecular weight is 326 g/mol. The molecule has 1 fully saturated rings. The number of benzene rings is 1. The summed E-state index contributed by atoms with van der Waals surface area (Å²) in [5.41, 5.74) is 2.06. The van der Waals surface area contributed by atoms with Crippen LogP contribution in [0.2, 0.25) is 0 Å². The Morgan fingerprint density at radius 2 is 2.11 bits per heavy atom. The zero-order valence-corrected chi connectivity index (χ0v) is 12.4. The quantitative estimate of drug-likeness (QED) is 0.776. The van der Waals surface area contributed by atoms with Gasteiger partial charge in [0.05, 0.1) is 0 Å². The van der Waals surface area contributed by atoms with Crippen LogP contribution in [0.4, 0.5) is 10.1 Å². The molecule has 0 saturated heterocycles. The van der Waals surface area contributed by atoms with Gasteiger partial charge in [0.1, 0.15) is 5.82 Å². The molecule has 1 aromatic rings. The summed E-state index contributed by atoms with van der Waals surface area (Å²) in [5, 5.41) is 0.911. The Morgan fingerprint density at radius 3 is 2.74 bits per heavy atom. The highest BCUT2D eigenvalue weighted by atomic mass is 79.9. The van der Waals surface area contributed by atoms with Crippen molar-refractivity contribution < 1.29 is 9.18 Å². The first kappa shape index (κ1) is 13.1. The number of alkyl halides is 1. The van der Waals surface area contributed by atoms with Crippen molar-refractivity contribution in [1.29, 1.82) is 0 Å². The lowest BCUT2D eigenvalue weighted by Gasteiger charge is -2.45. The summed E-state index contributed by atoms with van der Waals surface area (Å²) >= 11 is 3.57. The summed E-state index contributed by atoms with van der Waals surface area (Å²) in [6.07, 6.45) is 4.78. The van der Waals surface area contributed by atoms with E-state index in [0.717, 1.165) is 35.8 Å². The van der Waals surface area contributed by atoms with E-state index >= 15 is 0 Å². The van der Waals surface area contributed by atoms with E-state index in [1.165, 1.54) is 18.6 Å². The molecular weight excluding hydrogens is 309 g/mol. The van der Waals surface area contributed by atoms with Gasteiger partial charge >= 0.3 is 0 Å². The molecule has 0 aromatic heterocycles. The van der Waals surface area contributed by atoms with E-state index in [1.807, 2.05) is 11.0 Å². The maximum absolute atomic E-state index is 13.5. The van der Waals surface area contributed by atoms with Crippen molar-refractivity contribution in [3.63, 3.8) is 0 Å². The van der Waals surface area contributed by atoms with Crippen LogP contribution in [0.3, 0.4) is 0 Å². The summed E-state index contributed by atoms with van der Waals surface area (Å²) in [5.74, 6) is -0.134. The second kappa shape index (κ2) is 4.89. The van der Waals surface area contributed by atoms with Crippen molar-refractivity contribution in [3.8, 4) is 0 Å². The van der Waals surface area contributed by atoms with Gasteiger partial charge in [0.15, 0.2) is 0 Å². The fourth-order valence-corrected chi connectivity index (χ4v) is 3.77. The Hall–Kier alpha value is -0.900. The molecule has 0 atom stereocenters. The predicted molar refractivity (Wildman–Crippen MR) is 77.2 cm³/mol. The third-order valence-corrected chi connectivity index (χ3v) is 5.63. The summed E-state index contributed by atoms with van der Waals surface area (Å²) in [6.45, 7) is 0.716. The number of carbonyl (C=O) groups is 1. The molecule has 0 radical (unpaired) electrons. The SMILES string of the molecule is O=C1CCc2ccc(F)cc2N1CC1(CBr)CCC1. The summed E-state index contributed by atoms with van der Waals surface area (Å²) in [4.78, 5) is 14.0. The summed E-state index contributed by atoms with van der Waals surface area (Å²) < 4.78 is 13.5. The molecule has 1 amide bonds. The van der Waals surface area contributed by atoms with Crippen LogP contribution in [0.5, 0.6) is 0 Å². The molecule has 19 heavy (non-hydrogen) atoms. The van der Waals surface area contributed by atoms with E-state index in [2.05, 4.69) is 15.9 Å². The normalized spacial score (nSPS) is 20.9. The first-order chi connectivity index (χ1) is 9.13. The van der Waals surface area contributed by atoms with Gasteiger partial charge in [-0.15, -0.1) is 0 Å². The van der Waals surface area contributed by atoms with Crippen LogP contribution in [-0.2, 0) is 11.2 Å². The predicted octanol–water partition coefficient (Wildman–Crippen LogP) is 3.67. The maximum atomic E-state index is 13.5. The number of anilines is 1. The van der Waals surface area contributed by atoms with Crippen molar-refractivity contribution in [3.05, 3.63) is 29.6 Å². The number of amides is 1. The number of carbonyl (C=O) groups excluding carboxylic acids is 1. The number of aryl methyl sites for hydroxylation is 1. The number of fused-ring (bicyclic) bond motifs is 1. The second-order valence-electron chi connectivity index (χ2n) is 5.74. The minimum atomic E-state index is -0.264. The summed E-state index contributed by atoms with van der Waals surface area (Å²) in [6, 6.07) is 4.80. The van der Waals surface area contributed by atoms with Gasteiger partial charge < -0.3 is 4.90 Å². The van der Waals surface area contributed by atoms with Crippen molar-refractivity contribution in [1.82, 2.24) is 0 Å². The van der Waals surface area contributed by atoms with E-state index in [0.29, 0.717) is 13.0 Å². The molecule has 1 aliphatic carbocycles. The van der Waals surface area contributed by atoms with Gasteiger partial charge in [-0.2, -0.15) is 0 Å². The third-order valence-electron chi connectivity index (χ3n) is 4.44. The molecule has 0 spiro atoms. The van der Waals surface area contributed by atoms with Gasteiger partial charge in [-0.3, -0.25) is 4.79 Å². The largest absolute Gasteiger partial charge is 0.311 e. The average Bonchev–Trinajstić information content (AvgIpc) is 2.36. The third kappa shape index (κ3) is 2.31. The summed E-state index contributed by atoms with van der Waals surface area (Å²) in [7, 11) is 0. The van der Waals surface area contributed by atoms with E-state index in [1.54, 1.807) is 0 Å². The molecule has 1 aromatic carbocycles. The van der Waals surface area contributed by atoms with Crippen LogP contribution < -0.4 is 4.90 Å². The molecule has 0 N–H and O–H groups in total. The zero-order chi connectivity index (χ0) is 13.5. The van der Waals surface area contributed by atoms with E-state index in [9.17, 15) is 9.18 Å².